The molecule has 0 aliphatic heterocycles. The molecule has 1 aromatic carbocycles. The molecule has 0 spiro atoms. The Kier molecular flexibility index (Phi) is 4.67. The molecular weight excluding hydrogens is 289 g/mol. The number of nitrogens with zero attached hydrogens (tertiary/aromatic N) is 1. The number of hydrogen-bond donors (Lipinski definition) is 1. The molecule has 0 heterocycles. The quantitative estimate of drug-likeness (QED) is 0.925. The zero-order chi connectivity index (χ0) is 14.4. The Labute approximate surface area is 132 Å². The van der Waals surface area contributed by atoms with Crippen molar-refractivity contribution < 1.29 is 9.50 Å². The summed E-state index contributed by atoms with van der Waals surface area (Å²) in [5.41, 5.74) is 0.897. The second-order valence-corrected chi connectivity index (χ2v) is 6.85. The fourth-order valence-corrected chi connectivity index (χ4v) is 4.34. The lowest BCUT2D eigenvalue weighted by molar-refractivity contribution is -0.0875. The van der Waals surface area contributed by atoms with E-state index in [9.17, 15) is 9.50 Å². The van der Waals surface area contributed by atoms with Crippen molar-refractivity contribution >= 4 is 12.4 Å². The highest BCUT2D eigenvalue weighted by Gasteiger charge is 2.57. The molecule has 2 nitrogen and oxygen atoms in total. The van der Waals surface area contributed by atoms with Gasteiger partial charge >= 0.3 is 0 Å². The zero-order valence-electron chi connectivity index (χ0n) is 12.9. The fourth-order valence-electron chi connectivity index (χ4n) is 4.34. The Morgan fingerprint density at radius 1 is 1.19 bits per heavy atom. The van der Waals surface area contributed by atoms with Gasteiger partial charge in [0.05, 0.1) is 5.60 Å². The van der Waals surface area contributed by atoms with E-state index in [0.29, 0.717) is 6.42 Å². The van der Waals surface area contributed by atoms with Gasteiger partial charge in [-0.1, -0.05) is 31.4 Å². The van der Waals surface area contributed by atoms with E-state index < -0.39 is 5.60 Å². The van der Waals surface area contributed by atoms with Crippen LogP contribution in [0.5, 0.6) is 0 Å². The van der Waals surface area contributed by atoms with Gasteiger partial charge in [0.15, 0.2) is 0 Å². The predicted octanol–water partition coefficient (Wildman–Crippen LogP) is 3.30. The van der Waals surface area contributed by atoms with Crippen molar-refractivity contribution in [1.82, 2.24) is 4.90 Å². The van der Waals surface area contributed by atoms with Gasteiger partial charge in [-0.05, 0) is 50.6 Å². The molecule has 4 heteroatoms. The van der Waals surface area contributed by atoms with Crippen molar-refractivity contribution in [3.8, 4) is 0 Å². The second-order valence-electron chi connectivity index (χ2n) is 6.85. The normalized spacial score (nSPS) is 26.7. The van der Waals surface area contributed by atoms with Gasteiger partial charge in [-0.15, -0.1) is 12.4 Å². The smallest absolute Gasteiger partial charge is 0.126 e. The summed E-state index contributed by atoms with van der Waals surface area (Å²) in [6.45, 7) is 0.792. The Balaban J connectivity index is 0.00000161. The maximum absolute atomic E-state index is 13.9. The van der Waals surface area contributed by atoms with Gasteiger partial charge in [0.1, 0.15) is 5.82 Å². The molecule has 2 aliphatic rings. The molecule has 1 saturated carbocycles. The van der Waals surface area contributed by atoms with Crippen LogP contribution in [0.25, 0.3) is 0 Å². The van der Waals surface area contributed by atoms with Gasteiger partial charge in [0, 0.05) is 12.0 Å². The highest BCUT2D eigenvalue weighted by molar-refractivity contribution is 5.85. The molecule has 0 aromatic heterocycles. The highest BCUT2D eigenvalue weighted by atomic mass is 35.5. The molecule has 1 aromatic rings. The highest BCUT2D eigenvalue weighted by Crippen LogP contribution is 2.54. The molecule has 0 amide bonds. The van der Waals surface area contributed by atoms with Crippen LogP contribution in [0.2, 0.25) is 0 Å². The minimum atomic E-state index is -0.670. The summed E-state index contributed by atoms with van der Waals surface area (Å²) >= 11 is 0. The Morgan fingerprint density at radius 2 is 1.86 bits per heavy atom. The first-order chi connectivity index (χ1) is 9.48. The second kappa shape index (κ2) is 5.86. The average Bonchev–Trinajstić information content (AvgIpc) is 2.38. The molecule has 1 fully saturated rings. The lowest BCUT2D eigenvalue weighted by Crippen LogP contribution is -2.63. The Bertz CT molecular complexity index is 514. The van der Waals surface area contributed by atoms with Gasteiger partial charge in [0.25, 0.3) is 0 Å². The SMILES string of the molecule is CN(C)CC1(C2(O)CCCCC2)Cc2c(F)cccc21.Cl. The Morgan fingerprint density at radius 3 is 2.48 bits per heavy atom. The van der Waals surface area contributed by atoms with Crippen LogP contribution in [-0.4, -0.2) is 36.2 Å². The van der Waals surface area contributed by atoms with E-state index in [4.69, 9.17) is 0 Å². The number of halogens is 2. The molecule has 0 bridgehead atoms. The van der Waals surface area contributed by atoms with Crippen molar-refractivity contribution in [2.75, 3.05) is 20.6 Å². The molecule has 118 valence electrons. The van der Waals surface area contributed by atoms with Crippen molar-refractivity contribution in [2.45, 2.75) is 49.5 Å². The number of benzene rings is 1. The van der Waals surface area contributed by atoms with Crippen LogP contribution < -0.4 is 0 Å². The summed E-state index contributed by atoms with van der Waals surface area (Å²) in [6.07, 6.45) is 5.72. The molecule has 21 heavy (non-hydrogen) atoms. The van der Waals surface area contributed by atoms with Crippen LogP contribution in [-0.2, 0) is 11.8 Å². The Hall–Kier alpha value is -0.640. The van der Waals surface area contributed by atoms with E-state index >= 15 is 0 Å². The van der Waals surface area contributed by atoms with Crippen molar-refractivity contribution in [3.05, 3.63) is 35.1 Å². The molecular formula is C17H25ClFNO. The maximum Gasteiger partial charge on any atom is 0.126 e. The number of hydrogen-bond acceptors (Lipinski definition) is 2. The van der Waals surface area contributed by atoms with Crippen LogP contribution in [0.1, 0.15) is 43.2 Å². The average molecular weight is 314 g/mol. The number of rotatable bonds is 3. The maximum atomic E-state index is 13.9. The van der Waals surface area contributed by atoms with E-state index in [0.717, 1.165) is 43.4 Å². The van der Waals surface area contributed by atoms with Crippen LogP contribution in [0.15, 0.2) is 18.2 Å². The number of fused-ring (bicyclic) bond motifs is 1. The largest absolute Gasteiger partial charge is 0.389 e. The lowest BCUT2D eigenvalue weighted by Gasteiger charge is -2.57. The third kappa shape index (κ3) is 2.49. The fraction of sp³-hybridized carbons (Fsp3) is 0.647. The summed E-state index contributed by atoms with van der Waals surface area (Å²) in [6, 6.07) is 5.32. The minimum Gasteiger partial charge on any atom is -0.389 e. The summed E-state index contributed by atoms with van der Waals surface area (Å²) < 4.78 is 13.9. The molecule has 0 saturated heterocycles. The molecule has 0 radical (unpaired) electrons. The van der Waals surface area contributed by atoms with Gasteiger partial charge in [0.2, 0.25) is 0 Å². The predicted molar refractivity (Wildman–Crippen MR) is 85.6 cm³/mol. The molecule has 2 aliphatic carbocycles. The topological polar surface area (TPSA) is 23.5 Å². The minimum absolute atomic E-state index is 0. The van der Waals surface area contributed by atoms with Crippen molar-refractivity contribution in [2.24, 2.45) is 0 Å². The summed E-state index contributed by atoms with van der Waals surface area (Å²) in [4.78, 5) is 2.13. The lowest BCUT2D eigenvalue weighted by atomic mass is 9.52. The standard InChI is InChI=1S/C17H24FNO.ClH/c1-19(2)12-16(17(20)9-4-3-5-10-17)11-13-14(16)7-6-8-15(13)18;/h6-8,20H,3-5,9-12H2,1-2H3;1H. The molecule has 1 atom stereocenters. The summed E-state index contributed by atoms with van der Waals surface area (Å²) in [5.74, 6) is -0.115. The zero-order valence-corrected chi connectivity index (χ0v) is 13.7. The number of likely N-dealkylation sites (N-methyl/N-ethyl adjacent to an activating group) is 1. The monoisotopic (exact) mass is 313 g/mol. The van der Waals surface area contributed by atoms with Gasteiger partial charge in [-0.25, -0.2) is 4.39 Å². The summed E-state index contributed by atoms with van der Waals surface area (Å²) in [7, 11) is 4.07. The summed E-state index contributed by atoms with van der Waals surface area (Å²) in [5, 5.41) is 11.3. The van der Waals surface area contributed by atoms with Crippen LogP contribution in [0.3, 0.4) is 0 Å². The third-order valence-corrected chi connectivity index (χ3v) is 5.27. The van der Waals surface area contributed by atoms with E-state index in [2.05, 4.69) is 4.90 Å². The van der Waals surface area contributed by atoms with E-state index in [1.165, 1.54) is 12.5 Å². The van der Waals surface area contributed by atoms with Gasteiger partial charge < -0.3 is 10.0 Å². The number of aliphatic hydroxyl groups is 1. The first kappa shape index (κ1) is 16.7. The van der Waals surface area contributed by atoms with E-state index in [1.807, 2.05) is 20.2 Å². The van der Waals surface area contributed by atoms with E-state index in [1.54, 1.807) is 6.07 Å². The van der Waals surface area contributed by atoms with Gasteiger partial charge in [-0.2, -0.15) is 0 Å². The van der Waals surface area contributed by atoms with Gasteiger partial charge in [-0.3, -0.25) is 0 Å². The third-order valence-electron chi connectivity index (χ3n) is 5.27. The van der Waals surface area contributed by atoms with E-state index in [-0.39, 0.29) is 23.6 Å². The van der Waals surface area contributed by atoms with Crippen LogP contribution >= 0.6 is 12.4 Å². The van der Waals surface area contributed by atoms with Crippen LogP contribution in [0.4, 0.5) is 4.39 Å². The first-order valence-corrected chi connectivity index (χ1v) is 7.64. The molecule has 1 unspecified atom stereocenters. The molecule has 3 rings (SSSR count). The first-order valence-electron chi connectivity index (χ1n) is 7.64. The van der Waals surface area contributed by atoms with Crippen molar-refractivity contribution in [3.63, 3.8) is 0 Å². The van der Waals surface area contributed by atoms with Crippen molar-refractivity contribution in [1.29, 1.82) is 0 Å². The molecule has 1 N–H and O–H groups in total. The van der Waals surface area contributed by atoms with Crippen LogP contribution in [0, 0.1) is 5.82 Å².